The summed E-state index contributed by atoms with van der Waals surface area (Å²) >= 11 is 0. The third-order valence-electron chi connectivity index (χ3n) is 4.09. The van der Waals surface area contributed by atoms with Gasteiger partial charge in [0, 0.05) is 29.9 Å². The average Bonchev–Trinajstić information content (AvgIpc) is 2.70. The zero-order valence-corrected chi connectivity index (χ0v) is 16.6. The Balaban J connectivity index is 2.14. The second-order valence-corrected chi connectivity index (χ2v) is 9.53. The number of aliphatic hydroxyl groups is 2. The minimum atomic E-state index is -3.92. The highest BCUT2D eigenvalue weighted by Gasteiger charge is 2.18. The fourth-order valence-corrected chi connectivity index (χ4v) is 4.84. The van der Waals surface area contributed by atoms with Crippen molar-refractivity contribution in [3.63, 3.8) is 0 Å². The maximum Gasteiger partial charge on any atom is 0.344 e. The van der Waals surface area contributed by atoms with Gasteiger partial charge in [-0.2, -0.15) is 0 Å². The van der Waals surface area contributed by atoms with E-state index in [1.807, 2.05) is 0 Å². The largest absolute Gasteiger partial charge is 0.422 e. The Hall–Kier alpha value is -2.35. The van der Waals surface area contributed by atoms with Crippen molar-refractivity contribution in [3.05, 3.63) is 46.8 Å². The van der Waals surface area contributed by atoms with Crippen molar-refractivity contribution in [1.29, 1.82) is 0 Å². The lowest BCUT2D eigenvalue weighted by Crippen LogP contribution is -2.26. The highest BCUT2D eigenvalue weighted by Crippen LogP contribution is 2.27. The Bertz CT molecular complexity index is 1330. The Morgan fingerprint density at radius 3 is 1.83 bits per heavy atom. The highest BCUT2D eigenvalue weighted by atomic mass is 32.2. The number of benzene rings is 2. The van der Waals surface area contributed by atoms with Crippen molar-refractivity contribution in [2.24, 2.45) is 0 Å². The molecule has 0 aliphatic carbocycles. The Kier molecular flexibility index (Phi) is 6.03. The quantitative estimate of drug-likeness (QED) is 0.268. The summed E-state index contributed by atoms with van der Waals surface area (Å²) in [6.07, 6.45) is 0. The Morgan fingerprint density at radius 2 is 1.28 bits per heavy atom. The molecule has 10 nitrogen and oxygen atoms in total. The van der Waals surface area contributed by atoms with Crippen LogP contribution in [-0.2, 0) is 20.0 Å². The predicted molar refractivity (Wildman–Crippen MR) is 105 cm³/mol. The molecule has 29 heavy (non-hydrogen) atoms. The first kappa shape index (κ1) is 21.4. The zero-order valence-electron chi connectivity index (χ0n) is 15.0. The molecule has 0 radical (unpaired) electrons. The summed E-state index contributed by atoms with van der Waals surface area (Å²) in [4.78, 5) is 12.1. The first-order chi connectivity index (χ1) is 13.7. The summed E-state index contributed by atoms with van der Waals surface area (Å²) in [6.45, 7) is -1.08. The normalized spacial score (nSPS) is 12.6. The van der Waals surface area contributed by atoms with Crippen LogP contribution in [0.4, 0.5) is 0 Å². The van der Waals surface area contributed by atoms with Gasteiger partial charge >= 0.3 is 5.63 Å². The van der Waals surface area contributed by atoms with E-state index in [2.05, 4.69) is 9.44 Å². The molecule has 0 spiro atoms. The second kappa shape index (κ2) is 8.18. The topological polar surface area (TPSA) is 163 Å². The van der Waals surface area contributed by atoms with E-state index >= 15 is 0 Å². The lowest BCUT2D eigenvalue weighted by Gasteiger charge is -2.09. The number of hydrogen-bond acceptors (Lipinski definition) is 8. The maximum atomic E-state index is 12.4. The molecule has 0 amide bonds. The SMILES string of the molecule is O=c1oc2cc(S(=O)(=O)NCCO)ccc2c2ccc(S(=O)(=O)NCCO)cc12. The molecule has 156 valence electrons. The van der Waals surface area contributed by atoms with E-state index in [0.717, 1.165) is 6.07 Å². The van der Waals surface area contributed by atoms with Crippen LogP contribution < -0.4 is 15.1 Å². The van der Waals surface area contributed by atoms with E-state index in [0.29, 0.717) is 10.8 Å². The van der Waals surface area contributed by atoms with Gasteiger partial charge in [0.25, 0.3) is 0 Å². The number of sulfonamides is 2. The summed E-state index contributed by atoms with van der Waals surface area (Å²) in [6, 6.07) is 7.84. The van der Waals surface area contributed by atoms with E-state index in [4.69, 9.17) is 14.6 Å². The van der Waals surface area contributed by atoms with E-state index in [-0.39, 0.29) is 47.1 Å². The molecule has 0 aliphatic rings. The van der Waals surface area contributed by atoms with Crippen LogP contribution >= 0.6 is 0 Å². The number of nitrogens with one attached hydrogen (secondary N) is 2. The number of rotatable bonds is 8. The van der Waals surface area contributed by atoms with Gasteiger partial charge in [0.2, 0.25) is 20.0 Å². The molecular weight excluding hydrogens is 424 g/mol. The van der Waals surface area contributed by atoms with Gasteiger partial charge in [0.05, 0.1) is 28.4 Å². The first-order valence-corrected chi connectivity index (χ1v) is 11.4. The molecule has 0 saturated carbocycles. The number of aliphatic hydroxyl groups excluding tert-OH is 2. The van der Waals surface area contributed by atoms with Crippen molar-refractivity contribution in [2.75, 3.05) is 26.3 Å². The molecule has 0 bridgehead atoms. The molecule has 12 heteroatoms. The van der Waals surface area contributed by atoms with E-state index < -0.39 is 25.7 Å². The second-order valence-electron chi connectivity index (χ2n) is 6.00. The van der Waals surface area contributed by atoms with Crippen LogP contribution in [0.3, 0.4) is 0 Å². The molecule has 0 aliphatic heterocycles. The van der Waals surface area contributed by atoms with E-state index in [9.17, 15) is 21.6 Å². The maximum absolute atomic E-state index is 12.4. The third-order valence-corrected chi connectivity index (χ3v) is 7.00. The van der Waals surface area contributed by atoms with Gasteiger partial charge in [0.1, 0.15) is 5.58 Å². The number of hydrogen-bond donors (Lipinski definition) is 4. The van der Waals surface area contributed by atoms with Gasteiger partial charge < -0.3 is 14.6 Å². The Labute approximate surface area is 165 Å². The average molecular weight is 442 g/mol. The van der Waals surface area contributed by atoms with Gasteiger partial charge in [0.15, 0.2) is 0 Å². The Morgan fingerprint density at radius 1 is 0.759 bits per heavy atom. The first-order valence-electron chi connectivity index (χ1n) is 8.41. The summed E-state index contributed by atoms with van der Waals surface area (Å²) in [5.41, 5.74) is -0.812. The van der Waals surface area contributed by atoms with Crippen LogP contribution in [0.2, 0.25) is 0 Å². The van der Waals surface area contributed by atoms with Crippen molar-refractivity contribution < 1.29 is 31.5 Å². The summed E-state index contributed by atoms with van der Waals surface area (Å²) in [5.74, 6) is 0. The molecule has 4 N–H and O–H groups in total. The van der Waals surface area contributed by atoms with Crippen LogP contribution in [0.25, 0.3) is 21.7 Å². The van der Waals surface area contributed by atoms with Crippen LogP contribution in [-0.4, -0.2) is 53.4 Å². The lowest BCUT2D eigenvalue weighted by molar-refractivity contribution is 0.300. The minimum Gasteiger partial charge on any atom is -0.422 e. The standard InChI is InChI=1S/C17H18N2O8S2/c20-7-5-18-28(23,24)11-1-3-13-14-4-2-12(29(25,26)19-6-8-21)10-16(14)27-17(22)15(13)9-11/h1-4,9-10,18-21H,5-8H2. The fraction of sp³-hybridized carbons (Fsp3) is 0.235. The molecule has 3 aromatic rings. The minimum absolute atomic E-state index is 0.0124. The van der Waals surface area contributed by atoms with Gasteiger partial charge in [-0.15, -0.1) is 0 Å². The monoisotopic (exact) mass is 442 g/mol. The number of fused-ring (bicyclic) bond motifs is 3. The molecule has 2 aromatic carbocycles. The van der Waals surface area contributed by atoms with Gasteiger partial charge in [-0.25, -0.2) is 31.1 Å². The molecule has 0 atom stereocenters. The van der Waals surface area contributed by atoms with Gasteiger partial charge in [-0.1, -0.05) is 6.07 Å². The lowest BCUT2D eigenvalue weighted by atomic mass is 10.1. The molecular formula is C17H18N2O8S2. The summed E-state index contributed by atoms with van der Waals surface area (Å²) in [7, 11) is -7.81. The van der Waals surface area contributed by atoms with Crippen molar-refractivity contribution in [3.8, 4) is 0 Å². The summed E-state index contributed by atoms with van der Waals surface area (Å²) < 4.78 is 58.4. The smallest absolute Gasteiger partial charge is 0.344 e. The van der Waals surface area contributed by atoms with Gasteiger partial charge in [-0.05, 0) is 24.3 Å². The van der Waals surface area contributed by atoms with Crippen LogP contribution in [0.1, 0.15) is 0 Å². The third kappa shape index (κ3) is 4.32. The van der Waals surface area contributed by atoms with Crippen LogP contribution in [0.15, 0.2) is 55.4 Å². The van der Waals surface area contributed by atoms with Crippen molar-refractivity contribution >= 4 is 41.8 Å². The van der Waals surface area contributed by atoms with Crippen molar-refractivity contribution in [1.82, 2.24) is 9.44 Å². The summed E-state index contributed by atoms with van der Waals surface area (Å²) in [5, 5.41) is 18.4. The van der Waals surface area contributed by atoms with Crippen LogP contribution in [0, 0.1) is 0 Å². The molecule has 3 rings (SSSR count). The molecule has 0 fully saturated rings. The predicted octanol–water partition coefficient (Wildman–Crippen LogP) is -0.513. The highest BCUT2D eigenvalue weighted by molar-refractivity contribution is 7.89. The van der Waals surface area contributed by atoms with E-state index in [1.165, 1.54) is 30.3 Å². The molecule has 1 aromatic heterocycles. The zero-order chi connectivity index (χ0) is 21.2. The van der Waals surface area contributed by atoms with Crippen LogP contribution in [0.5, 0.6) is 0 Å². The van der Waals surface area contributed by atoms with Gasteiger partial charge in [-0.3, -0.25) is 0 Å². The molecule has 0 unspecified atom stereocenters. The van der Waals surface area contributed by atoms with Crippen molar-refractivity contribution in [2.45, 2.75) is 9.79 Å². The molecule has 0 saturated heterocycles. The fourth-order valence-electron chi connectivity index (χ4n) is 2.75. The van der Waals surface area contributed by atoms with E-state index in [1.54, 1.807) is 0 Å². The molecule has 1 heterocycles.